The molecule has 6 nitrogen and oxygen atoms in total. The summed E-state index contributed by atoms with van der Waals surface area (Å²) >= 11 is 12.1. The van der Waals surface area contributed by atoms with Crippen LogP contribution in [-0.4, -0.2) is 32.6 Å². The molecule has 1 aliphatic rings. The van der Waals surface area contributed by atoms with Crippen LogP contribution in [0, 0.1) is 0 Å². The van der Waals surface area contributed by atoms with Gasteiger partial charge in [0.15, 0.2) is 4.34 Å². The lowest BCUT2D eigenvalue weighted by molar-refractivity contribution is -0.130. The van der Waals surface area contributed by atoms with Gasteiger partial charge in [0.1, 0.15) is 0 Å². The number of amides is 1. The molecule has 2 N–H and O–H groups in total. The number of hydrogen-bond donors (Lipinski definition) is 1. The zero-order valence-corrected chi connectivity index (χ0v) is 18.9. The molecule has 1 aromatic heterocycles. The zero-order chi connectivity index (χ0) is 20.4. The molecule has 2 heterocycles. The van der Waals surface area contributed by atoms with E-state index in [0.717, 1.165) is 21.3 Å². The zero-order valence-electron chi connectivity index (χ0n) is 15.0. The van der Waals surface area contributed by atoms with Gasteiger partial charge in [-0.05, 0) is 35.4 Å². The Hall–Kier alpha value is -1.94. The molecule has 1 atom stereocenters. The van der Waals surface area contributed by atoms with Gasteiger partial charge in [-0.15, -0.1) is 10.2 Å². The van der Waals surface area contributed by atoms with E-state index >= 15 is 0 Å². The van der Waals surface area contributed by atoms with E-state index in [1.54, 1.807) is 5.01 Å². The van der Waals surface area contributed by atoms with Crippen molar-refractivity contribution in [2.24, 2.45) is 5.10 Å². The number of thioether (sulfide) groups is 1. The van der Waals surface area contributed by atoms with E-state index in [4.69, 9.17) is 17.3 Å². The SMILES string of the molecule is Nc1nnc(SCC(=O)N2N=C(c3cccc(Br)c3)CC2c2ccc(Cl)cc2)s1. The third kappa shape index (κ3) is 4.80. The van der Waals surface area contributed by atoms with Crippen LogP contribution in [0.2, 0.25) is 5.02 Å². The maximum Gasteiger partial charge on any atom is 0.253 e. The van der Waals surface area contributed by atoms with Crippen LogP contribution in [0.15, 0.2) is 62.4 Å². The van der Waals surface area contributed by atoms with Gasteiger partial charge in [0.05, 0.1) is 17.5 Å². The molecule has 0 aliphatic carbocycles. The summed E-state index contributed by atoms with van der Waals surface area (Å²) in [5, 5.41) is 15.0. The lowest BCUT2D eigenvalue weighted by atomic mass is 9.98. The van der Waals surface area contributed by atoms with Gasteiger partial charge in [0.2, 0.25) is 5.13 Å². The smallest absolute Gasteiger partial charge is 0.253 e. The van der Waals surface area contributed by atoms with Crippen LogP contribution < -0.4 is 5.73 Å². The van der Waals surface area contributed by atoms with Crippen LogP contribution in [0.5, 0.6) is 0 Å². The molecule has 10 heteroatoms. The molecule has 0 saturated carbocycles. The summed E-state index contributed by atoms with van der Waals surface area (Å²) in [6.07, 6.45) is 0.625. The molecule has 3 aromatic rings. The van der Waals surface area contributed by atoms with Gasteiger partial charge in [-0.25, -0.2) is 5.01 Å². The number of nitrogens with zero attached hydrogens (tertiary/aromatic N) is 4. The third-order valence-electron chi connectivity index (χ3n) is 4.32. The summed E-state index contributed by atoms with van der Waals surface area (Å²) in [6, 6.07) is 15.3. The number of rotatable bonds is 5. The quantitative estimate of drug-likeness (QED) is 0.490. The second kappa shape index (κ2) is 8.83. The van der Waals surface area contributed by atoms with Crippen LogP contribution in [0.3, 0.4) is 0 Å². The van der Waals surface area contributed by atoms with Gasteiger partial charge >= 0.3 is 0 Å². The largest absolute Gasteiger partial charge is 0.374 e. The Labute approximate surface area is 189 Å². The van der Waals surface area contributed by atoms with Gasteiger partial charge < -0.3 is 5.73 Å². The number of anilines is 1. The van der Waals surface area contributed by atoms with E-state index in [1.165, 1.54) is 23.1 Å². The molecule has 2 aromatic carbocycles. The Morgan fingerprint density at radius 2 is 2.07 bits per heavy atom. The summed E-state index contributed by atoms with van der Waals surface area (Å²) in [5.41, 5.74) is 8.45. The minimum absolute atomic E-state index is 0.103. The molecule has 148 valence electrons. The highest BCUT2D eigenvalue weighted by Crippen LogP contribution is 2.35. The fraction of sp³-hybridized carbons (Fsp3) is 0.158. The van der Waals surface area contributed by atoms with Crippen molar-refractivity contribution in [3.05, 3.63) is 69.2 Å². The second-order valence-corrected chi connectivity index (χ2v) is 9.85. The maximum absolute atomic E-state index is 13.0. The van der Waals surface area contributed by atoms with Crippen molar-refractivity contribution in [2.75, 3.05) is 11.5 Å². The fourth-order valence-corrected chi connectivity index (χ4v) is 5.01. The molecule has 0 radical (unpaired) electrons. The lowest BCUT2D eigenvalue weighted by Crippen LogP contribution is -2.28. The first-order valence-corrected chi connectivity index (χ1v) is 11.6. The first-order chi connectivity index (χ1) is 14.0. The van der Waals surface area contributed by atoms with Crippen molar-refractivity contribution in [1.82, 2.24) is 15.2 Å². The van der Waals surface area contributed by atoms with Crippen molar-refractivity contribution in [2.45, 2.75) is 16.8 Å². The number of hydrogen-bond acceptors (Lipinski definition) is 7. The predicted molar refractivity (Wildman–Crippen MR) is 121 cm³/mol. The summed E-state index contributed by atoms with van der Waals surface area (Å²) < 4.78 is 1.63. The maximum atomic E-state index is 13.0. The highest BCUT2D eigenvalue weighted by molar-refractivity contribution is 9.10. The monoisotopic (exact) mass is 507 g/mol. The lowest BCUT2D eigenvalue weighted by Gasteiger charge is -2.21. The number of nitrogens with two attached hydrogens (primary N) is 1. The first-order valence-electron chi connectivity index (χ1n) is 8.62. The predicted octanol–water partition coefficient (Wildman–Crippen LogP) is 5.01. The topological polar surface area (TPSA) is 84.5 Å². The normalized spacial score (nSPS) is 16.1. The Morgan fingerprint density at radius 1 is 1.28 bits per heavy atom. The average Bonchev–Trinajstić information content (AvgIpc) is 3.33. The van der Waals surface area contributed by atoms with E-state index in [2.05, 4.69) is 31.2 Å². The van der Waals surface area contributed by atoms with Crippen molar-refractivity contribution in [1.29, 1.82) is 0 Å². The molecule has 1 amide bonds. The molecule has 4 rings (SSSR count). The van der Waals surface area contributed by atoms with Crippen LogP contribution in [0.4, 0.5) is 5.13 Å². The number of benzene rings is 2. The summed E-state index contributed by atoms with van der Waals surface area (Å²) in [7, 11) is 0. The van der Waals surface area contributed by atoms with E-state index in [-0.39, 0.29) is 17.7 Å². The highest BCUT2D eigenvalue weighted by Gasteiger charge is 2.33. The van der Waals surface area contributed by atoms with Gasteiger partial charge in [-0.3, -0.25) is 4.79 Å². The number of carbonyl (C=O) groups is 1. The summed E-state index contributed by atoms with van der Waals surface area (Å²) in [6.45, 7) is 0. The molecule has 0 spiro atoms. The Balaban J connectivity index is 1.59. The number of halogens is 2. The number of carbonyl (C=O) groups excluding carboxylic acids is 1. The van der Waals surface area contributed by atoms with Gasteiger partial charge in [-0.1, -0.05) is 74.9 Å². The van der Waals surface area contributed by atoms with Crippen molar-refractivity contribution in [3.63, 3.8) is 0 Å². The van der Waals surface area contributed by atoms with Crippen molar-refractivity contribution < 1.29 is 4.79 Å². The van der Waals surface area contributed by atoms with Crippen molar-refractivity contribution >= 4 is 67.4 Å². The molecular formula is C19H15BrClN5OS2. The first kappa shape index (κ1) is 20.3. The standard InChI is InChI=1S/C19H15BrClN5OS2/c20-13-3-1-2-12(8-13)15-9-16(11-4-6-14(21)7-5-11)26(25-15)17(27)10-28-19-24-23-18(22)29-19/h1-8,16H,9-10H2,(H2,22,23). The molecule has 0 fully saturated rings. The van der Waals surface area contributed by atoms with Crippen LogP contribution in [0.25, 0.3) is 0 Å². The molecular weight excluding hydrogens is 494 g/mol. The number of hydrazone groups is 1. The molecule has 0 bridgehead atoms. The van der Waals surface area contributed by atoms with Crippen LogP contribution >= 0.6 is 50.6 Å². The van der Waals surface area contributed by atoms with Crippen LogP contribution in [-0.2, 0) is 4.79 Å². The van der Waals surface area contributed by atoms with Gasteiger partial charge in [0.25, 0.3) is 5.91 Å². The number of aromatic nitrogens is 2. The molecule has 0 saturated heterocycles. The molecule has 1 aliphatic heterocycles. The molecule has 1 unspecified atom stereocenters. The van der Waals surface area contributed by atoms with E-state index in [1.807, 2.05) is 48.5 Å². The van der Waals surface area contributed by atoms with E-state index in [0.29, 0.717) is 20.9 Å². The Bertz CT molecular complexity index is 1070. The fourth-order valence-electron chi connectivity index (χ4n) is 3.00. The number of nitrogen functional groups attached to an aromatic ring is 1. The average molecular weight is 509 g/mol. The summed E-state index contributed by atoms with van der Waals surface area (Å²) in [4.78, 5) is 13.0. The Morgan fingerprint density at radius 3 is 2.76 bits per heavy atom. The van der Waals surface area contributed by atoms with E-state index < -0.39 is 0 Å². The van der Waals surface area contributed by atoms with Gasteiger partial charge in [-0.2, -0.15) is 5.10 Å². The minimum atomic E-state index is -0.186. The van der Waals surface area contributed by atoms with Crippen LogP contribution in [0.1, 0.15) is 23.6 Å². The van der Waals surface area contributed by atoms with Crippen molar-refractivity contribution in [3.8, 4) is 0 Å². The summed E-state index contributed by atoms with van der Waals surface area (Å²) in [5.74, 6) is 0.0993. The van der Waals surface area contributed by atoms with E-state index in [9.17, 15) is 4.79 Å². The third-order valence-corrected chi connectivity index (χ3v) is 6.94. The van der Waals surface area contributed by atoms with Gasteiger partial charge in [0, 0.05) is 15.9 Å². The minimum Gasteiger partial charge on any atom is -0.374 e. The molecule has 29 heavy (non-hydrogen) atoms. The second-order valence-electron chi connectivity index (χ2n) is 6.26. The highest BCUT2D eigenvalue weighted by atomic mass is 79.9. The Kier molecular flexibility index (Phi) is 6.19.